The summed E-state index contributed by atoms with van der Waals surface area (Å²) in [5.41, 5.74) is 0.479. The molecule has 11 heteroatoms. The van der Waals surface area contributed by atoms with Crippen LogP contribution in [0.25, 0.3) is 0 Å². The van der Waals surface area contributed by atoms with Gasteiger partial charge in [-0.15, -0.1) is 0 Å². The number of methoxy groups -OCH3 is 1. The highest BCUT2D eigenvalue weighted by atomic mass is 32.2. The van der Waals surface area contributed by atoms with Crippen molar-refractivity contribution in [3.8, 4) is 11.5 Å². The fourth-order valence-electron chi connectivity index (χ4n) is 1.96. The molecule has 2 rings (SSSR count). The van der Waals surface area contributed by atoms with Gasteiger partial charge in [0.05, 0.1) is 12.0 Å². The quantitative estimate of drug-likeness (QED) is 0.704. The molecule has 0 aliphatic rings. The largest absolute Gasteiger partial charge is 0.493 e. The van der Waals surface area contributed by atoms with E-state index in [0.29, 0.717) is 5.69 Å². The number of alkyl halides is 2. The number of ether oxygens (including phenoxy) is 2. The minimum atomic E-state index is -3.83. The van der Waals surface area contributed by atoms with Gasteiger partial charge in [-0.3, -0.25) is 0 Å². The average molecular weight is 387 g/mol. The first kappa shape index (κ1) is 19.4. The van der Waals surface area contributed by atoms with Gasteiger partial charge in [0.25, 0.3) is 0 Å². The summed E-state index contributed by atoms with van der Waals surface area (Å²) in [7, 11) is -2.54. The maximum Gasteiger partial charge on any atom is 0.387 e. The molecule has 0 unspecified atom stereocenters. The first-order valence-corrected chi connectivity index (χ1v) is 8.57. The van der Waals surface area contributed by atoms with Crippen molar-refractivity contribution in [3.63, 3.8) is 0 Å². The molecule has 2 amide bonds. The SMILES string of the molecule is COc1ccc(NC(=O)Nc2ccc(S(N)(=O)=O)cc2)cc1OC(F)F. The molecule has 140 valence electrons. The first-order chi connectivity index (χ1) is 12.2. The molecular formula is C15H15F2N3O5S. The van der Waals surface area contributed by atoms with Crippen molar-refractivity contribution in [2.24, 2.45) is 5.14 Å². The molecule has 2 aromatic rings. The Labute approximate surface area is 148 Å². The second kappa shape index (κ2) is 7.97. The summed E-state index contributed by atoms with van der Waals surface area (Å²) in [4.78, 5) is 11.9. The van der Waals surface area contributed by atoms with Crippen LogP contribution in [0, 0.1) is 0 Å². The molecule has 0 aliphatic heterocycles. The molecular weight excluding hydrogens is 372 g/mol. The summed E-state index contributed by atoms with van der Waals surface area (Å²) in [6, 6.07) is 8.43. The van der Waals surface area contributed by atoms with Crippen molar-refractivity contribution in [3.05, 3.63) is 42.5 Å². The average Bonchev–Trinajstić information content (AvgIpc) is 2.54. The highest BCUT2D eigenvalue weighted by Gasteiger charge is 2.13. The molecule has 2 aromatic carbocycles. The number of urea groups is 1. The van der Waals surface area contributed by atoms with Crippen LogP contribution in [-0.4, -0.2) is 28.2 Å². The number of anilines is 2. The molecule has 0 bridgehead atoms. The Morgan fingerprint density at radius 2 is 1.62 bits per heavy atom. The normalized spacial score (nSPS) is 11.1. The number of carbonyl (C=O) groups excluding carboxylic acids is 1. The van der Waals surface area contributed by atoms with Gasteiger partial charge >= 0.3 is 12.6 Å². The molecule has 0 spiro atoms. The number of nitrogens with one attached hydrogen (secondary N) is 2. The van der Waals surface area contributed by atoms with Gasteiger partial charge in [-0.05, 0) is 36.4 Å². The molecule has 4 N–H and O–H groups in total. The third kappa shape index (κ3) is 5.29. The zero-order valence-corrected chi connectivity index (χ0v) is 14.2. The van der Waals surface area contributed by atoms with E-state index in [2.05, 4.69) is 15.4 Å². The number of nitrogens with two attached hydrogens (primary N) is 1. The molecule has 0 atom stereocenters. The Kier molecular flexibility index (Phi) is 5.95. The number of carbonyl (C=O) groups is 1. The number of halogens is 2. The van der Waals surface area contributed by atoms with E-state index in [1.54, 1.807) is 0 Å². The van der Waals surface area contributed by atoms with Gasteiger partial charge in [0.15, 0.2) is 11.5 Å². The Morgan fingerprint density at radius 1 is 1.04 bits per heavy atom. The first-order valence-electron chi connectivity index (χ1n) is 7.03. The fourth-order valence-corrected chi connectivity index (χ4v) is 2.48. The van der Waals surface area contributed by atoms with E-state index in [1.165, 1.54) is 49.6 Å². The highest BCUT2D eigenvalue weighted by molar-refractivity contribution is 7.89. The summed E-state index contributed by atoms with van der Waals surface area (Å²) >= 11 is 0. The number of hydrogen-bond acceptors (Lipinski definition) is 5. The smallest absolute Gasteiger partial charge is 0.387 e. The number of rotatable bonds is 6. The van der Waals surface area contributed by atoms with E-state index >= 15 is 0 Å². The van der Waals surface area contributed by atoms with Crippen molar-refractivity contribution >= 4 is 27.4 Å². The van der Waals surface area contributed by atoms with E-state index < -0.39 is 22.7 Å². The van der Waals surface area contributed by atoms with Gasteiger partial charge < -0.3 is 20.1 Å². The van der Waals surface area contributed by atoms with E-state index in [1.807, 2.05) is 0 Å². The van der Waals surface area contributed by atoms with Crippen molar-refractivity contribution in [2.45, 2.75) is 11.5 Å². The maximum absolute atomic E-state index is 12.4. The molecule has 0 aromatic heterocycles. The molecule has 0 aliphatic carbocycles. The van der Waals surface area contributed by atoms with E-state index in [4.69, 9.17) is 9.88 Å². The van der Waals surface area contributed by atoms with E-state index in [0.717, 1.165) is 0 Å². The Hall–Kier alpha value is -2.92. The topological polar surface area (TPSA) is 120 Å². The van der Waals surface area contributed by atoms with Crippen LogP contribution in [0.5, 0.6) is 11.5 Å². The summed E-state index contributed by atoms with van der Waals surface area (Å²) < 4.78 is 56.4. The molecule has 8 nitrogen and oxygen atoms in total. The molecule has 0 radical (unpaired) electrons. The molecule has 26 heavy (non-hydrogen) atoms. The number of sulfonamides is 1. The minimum Gasteiger partial charge on any atom is -0.493 e. The monoisotopic (exact) mass is 387 g/mol. The van der Waals surface area contributed by atoms with Crippen LogP contribution < -0.4 is 25.2 Å². The van der Waals surface area contributed by atoms with E-state index in [9.17, 15) is 22.0 Å². The van der Waals surface area contributed by atoms with Gasteiger partial charge in [-0.2, -0.15) is 8.78 Å². The Bertz CT molecular complexity index is 889. The van der Waals surface area contributed by atoms with Crippen LogP contribution >= 0.6 is 0 Å². The lowest BCUT2D eigenvalue weighted by atomic mass is 10.2. The fraction of sp³-hybridized carbons (Fsp3) is 0.133. The lowest BCUT2D eigenvalue weighted by Crippen LogP contribution is -2.19. The van der Waals surface area contributed by atoms with Crippen molar-refractivity contribution in [2.75, 3.05) is 17.7 Å². The Balaban J connectivity index is 2.07. The van der Waals surface area contributed by atoms with Crippen LogP contribution in [-0.2, 0) is 10.0 Å². The van der Waals surface area contributed by atoms with Crippen molar-refractivity contribution in [1.29, 1.82) is 0 Å². The van der Waals surface area contributed by atoms with Crippen LogP contribution in [0.4, 0.5) is 25.0 Å². The second-order valence-electron chi connectivity index (χ2n) is 4.89. The van der Waals surface area contributed by atoms with Crippen LogP contribution in [0.3, 0.4) is 0 Å². The van der Waals surface area contributed by atoms with Gasteiger partial charge in [-0.1, -0.05) is 0 Å². The third-order valence-electron chi connectivity index (χ3n) is 3.08. The highest BCUT2D eigenvalue weighted by Crippen LogP contribution is 2.31. The predicted molar refractivity (Wildman–Crippen MR) is 90.1 cm³/mol. The van der Waals surface area contributed by atoms with Crippen molar-refractivity contribution in [1.82, 2.24) is 0 Å². The molecule has 0 heterocycles. The van der Waals surface area contributed by atoms with Crippen LogP contribution in [0.2, 0.25) is 0 Å². The Morgan fingerprint density at radius 3 is 2.15 bits per heavy atom. The number of amides is 2. The number of hydrogen-bond donors (Lipinski definition) is 3. The van der Waals surface area contributed by atoms with E-state index in [-0.39, 0.29) is 22.1 Å². The predicted octanol–water partition coefficient (Wildman–Crippen LogP) is 2.59. The van der Waals surface area contributed by atoms with Gasteiger partial charge in [0.1, 0.15) is 0 Å². The second-order valence-corrected chi connectivity index (χ2v) is 6.45. The third-order valence-corrected chi connectivity index (χ3v) is 4.01. The maximum atomic E-state index is 12.4. The summed E-state index contributed by atoms with van der Waals surface area (Å²) in [6.07, 6.45) is 0. The van der Waals surface area contributed by atoms with Gasteiger partial charge in [-0.25, -0.2) is 18.4 Å². The molecule has 0 saturated heterocycles. The lowest BCUT2D eigenvalue weighted by molar-refractivity contribution is -0.0511. The standard InChI is InChI=1S/C15H15F2N3O5S/c1-24-12-7-4-10(8-13(12)25-14(16)17)20-15(21)19-9-2-5-11(6-3-9)26(18,22)23/h2-8,14H,1H3,(H2,18,22,23)(H2,19,20,21). The minimum absolute atomic E-state index is 0.0786. The van der Waals surface area contributed by atoms with Crippen molar-refractivity contribution < 1.29 is 31.5 Å². The van der Waals surface area contributed by atoms with Gasteiger partial charge in [0.2, 0.25) is 10.0 Å². The van der Waals surface area contributed by atoms with Gasteiger partial charge in [0, 0.05) is 17.4 Å². The number of benzene rings is 2. The number of primary sulfonamides is 1. The summed E-state index contributed by atoms with van der Waals surface area (Å²) in [5.74, 6) is -0.160. The molecule has 0 fully saturated rings. The zero-order valence-electron chi connectivity index (χ0n) is 13.4. The summed E-state index contributed by atoms with van der Waals surface area (Å²) in [6.45, 7) is -3.05. The summed E-state index contributed by atoms with van der Waals surface area (Å²) in [5, 5.41) is 9.86. The van der Waals surface area contributed by atoms with Crippen LogP contribution in [0.15, 0.2) is 47.4 Å². The van der Waals surface area contributed by atoms with Crippen LogP contribution in [0.1, 0.15) is 0 Å². The lowest BCUT2D eigenvalue weighted by Gasteiger charge is -2.12. The zero-order chi connectivity index (χ0) is 19.3. The molecule has 0 saturated carbocycles.